The highest BCUT2D eigenvalue weighted by atomic mass is 16.4. The molecular weight excluding hydrogens is 448 g/mol. The van der Waals surface area contributed by atoms with E-state index in [0.717, 1.165) is 0 Å². The lowest BCUT2D eigenvalue weighted by molar-refractivity contribution is -0.144. The minimum atomic E-state index is -1.25. The number of carboxylic acid groups (broad SMARTS) is 1. The number of carbonyl (C=O) groups excluding carboxylic acids is 5. The summed E-state index contributed by atoms with van der Waals surface area (Å²) in [7, 11) is 0. The lowest BCUT2D eigenvalue weighted by Gasteiger charge is -2.28. The van der Waals surface area contributed by atoms with Crippen molar-refractivity contribution in [2.45, 2.75) is 84.0 Å². The Kier molecular flexibility index (Phi) is 13.4. The molecule has 0 aromatic heterocycles. The number of carbonyl (C=O) groups is 6. The molecule has 0 heterocycles. The van der Waals surface area contributed by atoms with E-state index >= 15 is 0 Å². The van der Waals surface area contributed by atoms with Gasteiger partial charge in [0.2, 0.25) is 29.5 Å². The molecule has 0 aromatic rings. The molecule has 13 heteroatoms. The van der Waals surface area contributed by atoms with E-state index in [-0.39, 0.29) is 31.6 Å². The number of amides is 5. The molecule has 0 rings (SSSR count). The molecule has 194 valence electrons. The smallest absolute Gasteiger partial charge is 0.326 e. The normalized spacial score (nSPS) is 15.4. The molecule has 0 aliphatic rings. The van der Waals surface area contributed by atoms with Gasteiger partial charge in [-0.25, -0.2) is 4.79 Å². The fourth-order valence-corrected chi connectivity index (χ4v) is 2.98. The largest absolute Gasteiger partial charge is 0.480 e. The minimum Gasteiger partial charge on any atom is -0.480 e. The van der Waals surface area contributed by atoms with Crippen molar-refractivity contribution in [3.63, 3.8) is 0 Å². The van der Waals surface area contributed by atoms with E-state index in [2.05, 4.69) is 16.0 Å². The van der Waals surface area contributed by atoms with Crippen LogP contribution in [0, 0.1) is 11.8 Å². The predicted molar refractivity (Wildman–Crippen MR) is 123 cm³/mol. The van der Waals surface area contributed by atoms with Crippen molar-refractivity contribution in [1.29, 1.82) is 0 Å². The fraction of sp³-hybridized carbons (Fsp3) is 0.714. The topological polar surface area (TPSA) is 237 Å². The zero-order valence-corrected chi connectivity index (χ0v) is 20.1. The third-order valence-corrected chi connectivity index (χ3v) is 5.37. The van der Waals surface area contributed by atoms with Crippen LogP contribution in [0.2, 0.25) is 0 Å². The minimum absolute atomic E-state index is 0.0466. The Morgan fingerprint density at radius 1 is 0.765 bits per heavy atom. The molecule has 0 saturated heterocycles. The monoisotopic (exact) mass is 486 g/mol. The fourth-order valence-electron chi connectivity index (χ4n) is 2.98. The van der Waals surface area contributed by atoms with Crippen molar-refractivity contribution < 1.29 is 33.9 Å². The quantitative estimate of drug-likeness (QED) is 0.129. The second-order valence-corrected chi connectivity index (χ2v) is 8.62. The molecule has 0 aliphatic carbocycles. The first-order chi connectivity index (χ1) is 15.7. The van der Waals surface area contributed by atoms with Crippen LogP contribution in [-0.2, 0) is 28.8 Å². The van der Waals surface area contributed by atoms with Crippen LogP contribution in [0.5, 0.6) is 0 Å². The van der Waals surface area contributed by atoms with Crippen molar-refractivity contribution in [3.8, 4) is 0 Å². The summed E-state index contributed by atoms with van der Waals surface area (Å²) >= 11 is 0. The number of aliphatic carboxylic acids is 1. The molecule has 0 radical (unpaired) electrons. The maximum atomic E-state index is 13.0. The third kappa shape index (κ3) is 11.1. The van der Waals surface area contributed by atoms with Gasteiger partial charge in [-0.05, 0) is 24.7 Å². The molecule has 5 unspecified atom stereocenters. The summed E-state index contributed by atoms with van der Waals surface area (Å²) < 4.78 is 0. The van der Waals surface area contributed by atoms with Gasteiger partial charge in [-0.2, -0.15) is 0 Å². The molecule has 5 atom stereocenters. The summed E-state index contributed by atoms with van der Waals surface area (Å²) in [4.78, 5) is 71.8. The average molecular weight is 487 g/mol. The molecule has 13 nitrogen and oxygen atoms in total. The van der Waals surface area contributed by atoms with Gasteiger partial charge >= 0.3 is 5.97 Å². The van der Waals surface area contributed by atoms with Crippen molar-refractivity contribution in [2.75, 3.05) is 0 Å². The molecule has 0 saturated carbocycles. The van der Waals surface area contributed by atoms with Gasteiger partial charge in [-0.15, -0.1) is 0 Å². The van der Waals surface area contributed by atoms with E-state index in [9.17, 15) is 33.9 Å². The van der Waals surface area contributed by atoms with Crippen LogP contribution in [0.3, 0.4) is 0 Å². The Morgan fingerprint density at radius 2 is 1.26 bits per heavy atom. The molecular formula is C21H38N6O7. The van der Waals surface area contributed by atoms with Crippen molar-refractivity contribution in [3.05, 3.63) is 0 Å². The van der Waals surface area contributed by atoms with Crippen LogP contribution >= 0.6 is 0 Å². The van der Waals surface area contributed by atoms with Crippen LogP contribution < -0.4 is 33.2 Å². The summed E-state index contributed by atoms with van der Waals surface area (Å²) in [5.74, 6) is -5.56. The van der Waals surface area contributed by atoms with Crippen molar-refractivity contribution in [1.82, 2.24) is 16.0 Å². The molecule has 0 bridgehead atoms. The highest BCUT2D eigenvalue weighted by Gasteiger charge is 2.33. The summed E-state index contributed by atoms with van der Waals surface area (Å²) in [6, 6.07) is -4.65. The van der Waals surface area contributed by atoms with E-state index in [1.807, 2.05) is 0 Å². The lowest BCUT2D eigenvalue weighted by atomic mass is 9.96. The predicted octanol–water partition coefficient (Wildman–Crippen LogP) is -1.91. The van der Waals surface area contributed by atoms with Gasteiger partial charge in [0.25, 0.3) is 0 Å². The van der Waals surface area contributed by atoms with Crippen LogP contribution in [-0.4, -0.2) is 64.8 Å². The number of nitrogens with two attached hydrogens (primary N) is 3. The van der Waals surface area contributed by atoms with Crippen LogP contribution in [0.1, 0.15) is 59.8 Å². The Hall–Kier alpha value is -3.22. The summed E-state index contributed by atoms with van der Waals surface area (Å²) in [6.07, 6.45) is -0.0930. The third-order valence-electron chi connectivity index (χ3n) is 5.37. The molecule has 10 N–H and O–H groups in total. The number of nitrogens with one attached hydrogen (secondary N) is 3. The van der Waals surface area contributed by atoms with E-state index in [0.29, 0.717) is 6.42 Å². The SMILES string of the molecule is CCC(C)C(NC(=O)C(CCC(N)=O)NC(=O)C(N)CCC(N)=O)C(=O)NC(C(=O)O)C(C)C. The van der Waals surface area contributed by atoms with Crippen LogP contribution in [0.25, 0.3) is 0 Å². The highest BCUT2D eigenvalue weighted by Crippen LogP contribution is 2.11. The second-order valence-electron chi connectivity index (χ2n) is 8.62. The number of carboxylic acids is 1. The molecule has 0 fully saturated rings. The molecule has 0 aromatic carbocycles. The number of primary amides is 2. The van der Waals surface area contributed by atoms with E-state index in [4.69, 9.17) is 17.2 Å². The van der Waals surface area contributed by atoms with E-state index in [1.54, 1.807) is 27.7 Å². The van der Waals surface area contributed by atoms with Gasteiger partial charge < -0.3 is 38.3 Å². The first-order valence-corrected chi connectivity index (χ1v) is 11.2. The number of hydrogen-bond donors (Lipinski definition) is 7. The Balaban J connectivity index is 5.59. The lowest BCUT2D eigenvalue weighted by Crippen LogP contribution is -2.59. The number of rotatable bonds is 16. The van der Waals surface area contributed by atoms with Gasteiger partial charge in [-0.1, -0.05) is 34.1 Å². The second kappa shape index (κ2) is 14.8. The maximum absolute atomic E-state index is 13.0. The first-order valence-electron chi connectivity index (χ1n) is 11.2. The summed E-state index contributed by atoms with van der Waals surface area (Å²) in [5.41, 5.74) is 16.0. The molecule has 5 amide bonds. The van der Waals surface area contributed by atoms with E-state index in [1.165, 1.54) is 0 Å². The summed E-state index contributed by atoms with van der Waals surface area (Å²) in [5, 5.41) is 16.7. The van der Waals surface area contributed by atoms with Crippen LogP contribution in [0.15, 0.2) is 0 Å². The van der Waals surface area contributed by atoms with Crippen molar-refractivity contribution >= 4 is 35.5 Å². The highest BCUT2D eigenvalue weighted by molar-refractivity contribution is 5.94. The first kappa shape index (κ1) is 30.8. The Labute approximate surface area is 198 Å². The molecule has 0 aliphatic heterocycles. The zero-order valence-electron chi connectivity index (χ0n) is 20.1. The maximum Gasteiger partial charge on any atom is 0.326 e. The van der Waals surface area contributed by atoms with Gasteiger partial charge in [0.15, 0.2) is 0 Å². The summed E-state index contributed by atoms with van der Waals surface area (Å²) in [6.45, 7) is 6.75. The van der Waals surface area contributed by atoms with Gasteiger partial charge in [0.1, 0.15) is 18.1 Å². The molecule has 34 heavy (non-hydrogen) atoms. The van der Waals surface area contributed by atoms with Crippen molar-refractivity contribution in [2.24, 2.45) is 29.0 Å². The Morgan fingerprint density at radius 3 is 1.71 bits per heavy atom. The zero-order chi connectivity index (χ0) is 26.6. The number of hydrogen-bond acceptors (Lipinski definition) is 7. The van der Waals surface area contributed by atoms with Gasteiger partial charge in [-0.3, -0.25) is 24.0 Å². The van der Waals surface area contributed by atoms with E-state index < -0.39 is 65.6 Å². The van der Waals surface area contributed by atoms with Gasteiger partial charge in [0, 0.05) is 12.8 Å². The average Bonchev–Trinajstić information content (AvgIpc) is 2.74. The standard InChI is InChI=1S/C21H38N6O7/c1-5-11(4)17(20(32)26-16(10(2)3)21(33)34)27-19(31)13(7-9-15(24)29)25-18(30)12(22)6-8-14(23)28/h10-13,16-17H,5-9,22H2,1-4H3,(H2,23,28)(H2,24,29)(H,25,30)(H,26,32)(H,27,31)(H,33,34). The Bertz CT molecular complexity index is 758. The molecule has 0 spiro atoms. The van der Waals surface area contributed by atoms with Crippen LogP contribution in [0.4, 0.5) is 0 Å². The van der Waals surface area contributed by atoms with Gasteiger partial charge in [0.05, 0.1) is 6.04 Å².